The van der Waals surface area contributed by atoms with Gasteiger partial charge in [0.2, 0.25) is 0 Å². The number of rotatable bonds is 11. The molecule has 0 aliphatic heterocycles. The maximum atomic E-state index is 4.26. The zero-order chi connectivity index (χ0) is 23.3. The summed E-state index contributed by atoms with van der Waals surface area (Å²) in [5.74, 6) is 4.66. The Morgan fingerprint density at radius 3 is 2.17 bits per heavy atom. The molecule has 0 bridgehead atoms. The van der Waals surface area contributed by atoms with Crippen molar-refractivity contribution in [3.8, 4) is 0 Å². The molecule has 0 aromatic carbocycles. The fourth-order valence-electron chi connectivity index (χ4n) is 7.78. The SMILES string of the molecule is C=CC(C)(CCC1C(C)CC(C(C)C)C(C)(CC(C)CC)CC1(C)C)C(C[CH2+])CC. The van der Waals surface area contributed by atoms with Gasteiger partial charge in [-0.25, -0.2) is 0 Å². The quantitative estimate of drug-likeness (QED) is 0.178. The Hall–Kier alpha value is -0.390. The number of hydrogen-bond acceptors (Lipinski definition) is 0. The second-order valence-electron chi connectivity index (χ2n) is 12.8. The van der Waals surface area contributed by atoms with E-state index in [2.05, 4.69) is 88.8 Å². The lowest BCUT2D eigenvalue weighted by Gasteiger charge is -2.45. The number of allylic oxidation sites excluding steroid dienone is 1. The predicted octanol–water partition coefficient (Wildman–Crippen LogP) is 10.00. The summed E-state index contributed by atoms with van der Waals surface area (Å²) in [5, 5.41) is 0. The molecule has 1 rings (SSSR count). The van der Waals surface area contributed by atoms with Crippen LogP contribution in [0.4, 0.5) is 0 Å². The second-order valence-corrected chi connectivity index (χ2v) is 12.8. The molecular weight excluding hydrogens is 360 g/mol. The van der Waals surface area contributed by atoms with Crippen LogP contribution in [0.2, 0.25) is 0 Å². The summed E-state index contributed by atoms with van der Waals surface area (Å²) in [7, 11) is 0. The van der Waals surface area contributed by atoms with Gasteiger partial charge in [0.25, 0.3) is 0 Å². The van der Waals surface area contributed by atoms with Crippen molar-refractivity contribution in [2.75, 3.05) is 0 Å². The maximum absolute atomic E-state index is 4.26. The zero-order valence-corrected chi connectivity index (χ0v) is 22.6. The van der Waals surface area contributed by atoms with E-state index in [1.807, 2.05) is 0 Å². The molecule has 1 fully saturated rings. The average molecular weight is 418 g/mol. The van der Waals surface area contributed by atoms with Crippen LogP contribution in [0, 0.1) is 58.7 Å². The monoisotopic (exact) mass is 417 g/mol. The van der Waals surface area contributed by atoms with Gasteiger partial charge in [-0.3, -0.25) is 0 Å². The van der Waals surface area contributed by atoms with Crippen LogP contribution in [-0.4, -0.2) is 0 Å². The molecule has 7 unspecified atom stereocenters. The van der Waals surface area contributed by atoms with Gasteiger partial charge in [0.15, 0.2) is 0 Å². The normalized spacial score (nSPS) is 33.5. The minimum absolute atomic E-state index is 0.218. The van der Waals surface area contributed by atoms with Crippen molar-refractivity contribution >= 4 is 0 Å². The van der Waals surface area contributed by atoms with Crippen LogP contribution < -0.4 is 0 Å². The molecule has 0 aromatic rings. The van der Waals surface area contributed by atoms with Crippen LogP contribution in [-0.2, 0) is 0 Å². The van der Waals surface area contributed by atoms with Gasteiger partial charge in [-0.15, -0.1) is 6.58 Å². The van der Waals surface area contributed by atoms with Gasteiger partial charge >= 0.3 is 0 Å². The highest BCUT2D eigenvalue weighted by molar-refractivity contribution is 5.01. The zero-order valence-electron chi connectivity index (χ0n) is 22.6. The summed E-state index contributed by atoms with van der Waals surface area (Å²) in [6.45, 7) is 33.5. The highest BCUT2D eigenvalue weighted by Gasteiger charge is 2.49. The van der Waals surface area contributed by atoms with E-state index in [0.29, 0.717) is 16.7 Å². The van der Waals surface area contributed by atoms with Crippen LogP contribution >= 0.6 is 0 Å². The van der Waals surface area contributed by atoms with Gasteiger partial charge in [-0.05, 0) is 84.4 Å². The smallest absolute Gasteiger partial charge is 0.0886 e. The molecule has 0 amide bonds. The van der Waals surface area contributed by atoms with Crippen molar-refractivity contribution in [1.82, 2.24) is 0 Å². The van der Waals surface area contributed by atoms with E-state index in [4.69, 9.17) is 0 Å². The topological polar surface area (TPSA) is 0 Å². The van der Waals surface area contributed by atoms with E-state index in [9.17, 15) is 0 Å². The van der Waals surface area contributed by atoms with Crippen molar-refractivity contribution in [3.63, 3.8) is 0 Å². The molecule has 0 aromatic heterocycles. The Balaban J connectivity index is 3.19. The van der Waals surface area contributed by atoms with Crippen LogP contribution in [0.3, 0.4) is 0 Å². The Labute approximate surface area is 192 Å². The molecule has 0 heteroatoms. The van der Waals surface area contributed by atoms with Gasteiger partial charge < -0.3 is 0 Å². The lowest BCUT2D eigenvalue weighted by Crippen LogP contribution is -2.36. The van der Waals surface area contributed by atoms with Gasteiger partial charge in [-0.2, -0.15) is 0 Å². The Kier molecular flexibility index (Phi) is 10.1. The summed E-state index contributed by atoms with van der Waals surface area (Å²) in [6.07, 6.45) is 12.5. The van der Waals surface area contributed by atoms with Crippen molar-refractivity contribution in [1.29, 1.82) is 0 Å². The lowest BCUT2D eigenvalue weighted by atomic mass is 9.60. The minimum atomic E-state index is 0.218. The van der Waals surface area contributed by atoms with Crippen LogP contribution in [0.1, 0.15) is 121 Å². The highest BCUT2D eigenvalue weighted by atomic mass is 14.5. The molecule has 1 aliphatic carbocycles. The van der Waals surface area contributed by atoms with Gasteiger partial charge in [0.05, 0.1) is 13.3 Å². The third-order valence-electron chi connectivity index (χ3n) is 9.62. The maximum Gasteiger partial charge on any atom is 0.0886 e. The first-order valence-corrected chi connectivity index (χ1v) is 13.2. The van der Waals surface area contributed by atoms with E-state index < -0.39 is 0 Å². The van der Waals surface area contributed by atoms with Gasteiger partial charge in [0, 0.05) is 5.92 Å². The molecule has 0 radical (unpaired) electrons. The largest absolute Gasteiger partial charge is 0.103 e. The van der Waals surface area contributed by atoms with Crippen LogP contribution in [0.15, 0.2) is 12.7 Å². The molecule has 0 saturated heterocycles. The van der Waals surface area contributed by atoms with Crippen molar-refractivity contribution in [2.24, 2.45) is 51.8 Å². The first-order chi connectivity index (χ1) is 13.8. The third kappa shape index (κ3) is 6.32. The van der Waals surface area contributed by atoms with Crippen molar-refractivity contribution in [2.45, 2.75) is 121 Å². The van der Waals surface area contributed by atoms with Gasteiger partial charge in [-0.1, -0.05) is 81.7 Å². The second kappa shape index (κ2) is 11.0. The molecule has 0 heterocycles. The van der Waals surface area contributed by atoms with Crippen LogP contribution in [0.5, 0.6) is 0 Å². The lowest BCUT2D eigenvalue weighted by molar-refractivity contribution is 0.0458. The van der Waals surface area contributed by atoms with E-state index >= 15 is 0 Å². The molecule has 1 saturated carbocycles. The Morgan fingerprint density at radius 1 is 1.13 bits per heavy atom. The first-order valence-electron chi connectivity index (χ1n) is 13.2. The summed E-state index contributed by atoms with van der Waals surface area (Å²) < 4.78 is 0. The Morgan fingerprint density at radius 2 is 1.73 bits per heavy atom. The standard InChI is InChI=1S/C30H57/c1-13-23(7)20-30(12)21-28(9,10)26(24(8)19-27(30)22(5)6)17-18-29(11,16-4)25(14-2)15-3/h16,22-27H,2,4,13-15,17-21H2,1,3,5-12H3/q+1. The van der Waals surface area contributed by atoms with Crippen LogP contribution in [0.25, 0.3) is 0 Å². The molecule has 7 atom stereocenters. The van der Waals surface area contributed by atoms with E-state index in [1.54, 1.807) is 0 Å². The molecule has 1 aliphatic rings. The van der Waals surface area contributed by atoms with E-state index in [1.165, 1.54) is 44.9 Å². The summed E-state index contributed by atoms with van der Waals surface area (Å²) in [6, 6.07) is 0. The predicted molar refractivity (Wildman–Crippen MR) is 137 cm³/mol. The third-order valence-corrected chi connectivity index (χ3v) is 9.62. The average Bonchev–Trinajstić information content (AvgIpc) is 2.72. The summed E-state index contributed by atoms with van der Waals surface area (Å²) >= 11 is 0. The molecule has 0 N–H and O–H groups in total. The molecule has 176 valence electrons. The number of hydrogen-bond donors (Lipinski definition) is 0. The fourth-order valence-corrected chi connectivity index (χ4v) is 7.78. The van der Waals surface area contributed by atoms with Crippen molar-refractivity contribution in [3.05, 3.63) is 19.6 Å². The van der Waals surface area contributed by atoms with Crippen molar-refractivity contribution < 1.29 is 0 Å². The summed E-state index contributed by atoms with van der Waals surface area (Å²) in [4.78, 5) is 0. The molecule has 0 spiro atoms. The molecular formula is C30H57+. The van der Waals surface area contributed by atoms with Gasteiger partial charge in [0.1, 0.15) is 0 Å². The first kappa shape index (κ1) is 27.6. The minimum Gasteiger partial charge on any atom is -0.103 e. The highest BCUT2D eigenvalue weighted by Crippen LogP contribution is 2.58. The molecule has 30 heavy (non-hydrogen) atoms. The molecule has 0 nitrogen and oxygen atoms in total. The Bertz CT molecular complexity index is 510. The van der Waals surface area contributed by atoms with E-state index in [0.717, 1.165) is 36.0 Å². The summed E-state index contributed by atoms with van der Waals surface area (Å²) in [5.41, 5.74) is 1.06. The fraction of sp³-hybridized carbons (Fsp3) is 0.900. The van der Waals surface area contributed by atoms with E-state index in [-0.39, 0.29) is 5.41 Å².